The number of hydrogen-bond acceptors (Lipinski definition) is 5. The average Bonchev–Trinajstić information content (AvgIpc) is 3.34. The van der Waals surface area contributed by atoms with E-state index in [0.29, 0.717) is 22.9 Å². The summed E-state index contributed by atoms with van der Waals surface area (Å²) in [6, 6.07) is 1.32. The van der Waals surface area contributed by atoms with Crippen LogP contribution >= 0.6 is 22.9 Å². The monoisotopic (exact) mass is 425 g/mol. The molecule has 0 aliphatic heterocycles. The third-order valence-corrected chi connectivity index (χ3v) is 6.18. The van der Waals surface area contributed by atoms with Gasteiger partial charge < -0.3 is 9.64 Å². The molecule has 0 aromatic carbocycles. The minimum atomic E-state index is -0.595. The minimum absolute atomic E-state index is 0.171. The Kier molecular flexibility index (Phi) is 5.69. The summed E-state index contributed by atoms with van der Waals surface area (Å²) >= 11 is 7.50. The van der Waals surface area contributed by atoms with Gasteiger partial charge in [0, 0.05) is 24.2 Å². The number of rotatable bonds is 4. The molecule has 0 spiro atoms. The van der Waals surface area contributed by atoms with Crippen LogP contribution in [0.4, 0.5) is 9.18 Å². The molecule has 0 saturated heterocycles. The number of aromatic nitrogens is 2. The number of hydrogen-bond donors (Lipinski definition) is 0. The lowest BCUT2D eigenvalue weighted by Crippen LogP contribution is -2.35. The molecule has 1 saturated carbocycles. The maximum atomic E-state index is 14.8. The molecule has 1 fully saturated rings. The van der Waals surface area contributed by atoms with Crippen molar-refractivity contribution >= 4 is 29.0 Å². The van der Waals surface area contributed by atoms with Gasteiger partial charge >= 0.3 is 6.09 Å². The van der Waals surface area contributed by atoms with Crippen molar-refractivity contribution in [3.8, 4) is 11.3 Å². The molecular weight excluding hydrogens is 401 g/mol. The summed E-state index contributed by atoms with van der Waals surface area (Å²) in [5.41, 5.74) is 0.865. The Bertz CT molecular complexity index is 906. The van der Waals surface area contributed by atoms with Gasteiger partial charge in [0.25, 0.3) is 0 Å². The van der Waals surface area contributed by atoms with Crippen LogP contribution in [0.15, 0.2) is 6.07 Å². The number of carbonyl (C=O) groups excluding carboxylic acids is 1. The van der Waals surface area contributed by atoms with Gasteiger partial charge in [0.2, 0.25) is 0 Å². The second-order valence-corrected chi connectivity index (χ2v) is 9.64. The van der Waals surface area contributed by atoms with Crippen LogP contribution < -0.4 is 0 Å². The quantitative estimate of drug-likeness (QED) is 0.554. The van der Waals surface area contributed by atoms with E-state index < -0.39 is 17.5 Å². The Morgan fingerprint density at radius 2 is 2.04 bits per heavy atom. The van der Waals surface area contributed by atoms with Crippen LogP contribution in [0.5, 0.6) is 0 Å². The molecule has 0 N–H and O–H groups in total. The molecule has 2 heterocycles. The largest absolute Gasteiger partial charge is 0.444 e. The van der Waals surface area contributed by atoms with Crippen molar-refractivity contribution in [1.29, 1.82) is 0 Å². The number of carbonyl (C=O) groups is 1. The zero-order chi connectivity index (χ0) is 20.8. The summed E-state index contributed by atoms with van der Waals surface area (Å²) in [5, 5.41) is 0.800. The predicted molar refractivity (Wildman–Crippen MR) is 109 cm³/mol. The molecule has 1 atom stereocenters. The highest BCUT2D eigenvalue weighted by Gasteiger charge is 2.33. The first-order valence-corrected chi connectivity index (χ1v) is 10.5. The maximum absolute atomic E-state index is 14.8. The van der Waals surface area contributed by atoms with E-state index in [9.17, 15) is 9.18 Å². The van der Waals surface area contributed by atoms with Gasteiger partial charge in [-0.2, -0.15) is 0 Å². The fourth-order valence-electron chi connectivity index (χ4n) is 2.79. The van der Waals surface area contributed by atoms with Gasteiger partial charge in [-0.05, 0) is 53.5 Å². The first-order valence-electron chi connectivity index (χ1n) is 9.27. The molecule has 1 aliphatic carbocycles. The Balaban J connectivity index is 2.02. The van der Waals surface area contributed by atoms with Crippen LogP contribution in [-0.2, 0) is 4.74 Å². The third kappa shape index (κ3) is 4.46. The van der Waals surface area contributed by atoms with Gasteiger partial charge in [-0.3, -0.25) is 0 Å². The Morgan fingerprint density at radius 3 is 2.61 bits per heavy atom. The minimum Gasteiger partial charge on any atom is -0.444 e. The van der Waals surface area contributed by atoms with Crippen molar-refractivity contribution in [2.45, 2.75) is 65.0 Å². The first kappa shape index (κ1) is 21.0. The van der Waals surface area contributed by atoms with Crippen LogP contribution in [0.1, 0.15) is 68.1 Å². The number of aryl methyl sites for hydroxylation is 1. The SMILES string of the molecule is Cc1cc(-c2nc(C3CC3)sc2C(C)N(C)C(=O)OC(C)(C)C)c(F)c(Cl)n1. The van der Waals surface area contributed by atoms with Crippen LogP contribution in [0, 0.1) is 12.7 Å². The fraction of sp³-hybridized carbons (Fsp3) is 0.550. The Labute approximate surface area is 173 Å². The van der Waals surface area contributed by atoms with E-state index in [0.717, 1.165) is 22.7 Å². The van der Waals surface area contributed by atoms with Crippen LogP contribution in [0.25, 0.3) is 11.3 Å². The predicted octanol–water partition coefficient (Wildman–Crippen LogP) is 6.11. The van der Waals surface area contributed by atoms with Gasteiger partial charge in [0.1, 0.15) is 5.60 Å². The van der Waals surface area contributed by atoms with E-state index in [4.69, 9.17) is 21.3 Å². The molecule has 3 rings (SSSR count). The molecule has 1 unspecified atom stereocenters. The smallest absolute Gasteiger partial charge is 0.410 e. The van der Waals surface area contributed by atoms with E-state index in [1.165, 1.54) is 16.2 Å². The van der Waals surface area contributed by atoms with Crippen molar-refractivity contribution in [1.82, 2.24) is 14.9 Å². The number of pyridine rings is 1. The molecule has 2 aromatic rings. The highest BCUT2D eigenvalue weighted by atomic mass is 35.5. The fourth-order valence-corrected chi connectivity index (χ4v) is 4.37. The summed E-state index contributed by atoms with van der Waals surface area (Å²) in [6.45, 7) is 9.13. The second-order valence-electron chi connectivity index (χ2n) is 8.22. The van der Waals surface area contributed by atoms with E-state index in [1.807, 2.05) is 27.7 Å². The Morgan fingerprint density at radius 1 is 1.39 bits per heavy atom. The molecule has 8 heteroatoms. The van der Waals surface area contributed by atoms with Crippen LogP contribution in [0.3, 0.4) is 0 Å². The van der Waals surface area contributed by atoms with Gasteiger partial charge in [0.15, 0.2) is 11.0 Å². The van der Waals surface area contributed by atoms with Crippen molar-refractivity contribution < 1.29 is 13.9 Å². The van der Waals surface area contributed by atoms with Crippen LogP contribution in [0.2, 0.25) is 5.15 Å². The van der Waals surface area contributed by atoms with Crippen LogP contribution in [-0.4, -0.2) is 33.6 Å². The molecule has 2 aromatic heterocycles. The van der Waals surface area contributed by atoms with Crippen molar-refractivity contribution in [2.24, 2.45) is 0 Å². The van der Waals surface area contributed by atoms with Gasteiger partial charge in [-0.1, -0.05) is 11.6 Å². The molecule has 1 amide bonds. The summed E-state index contributed by atoms with van der Waals surface area (Å²) in [5.74, 6) is -0.175. The zero-order valence-electron chi connectivity index (χ0n) is 17.0. The standard InChI is InChI=1S/C20H25ClFN3O2S/c1-10-9-13(14(22)17(21)23-10)15-16(28-18(24-15)12-7-8-12)11(2)25(6)19(26)27-20(3,4)5/h9,11-12H,7-8H2,1-6H3. The lowest BCUT2D eigenvalue weighted by molar-refractivity contribution is 0.0236. The summed E-state index contributed by atoms with van der Waals surface area (Å²) in [4.78, 5) is 23.6. The number of amides is 1. The summed E-state index contributed by atoms with van der Waals surface area (Å²) in [6.07, 6.45) is 1.74. The van der Waals surface area contributed by atoms with Gasteiger partial charge in [-0.15, -0.1) is 11.3 Å². The highest BCUT2D eigenvalue weighted by Crippen LogP contribution is 2.46. The topological polar surface area (TPSA) is 55.3 Å². The number of ether oxygens (including phenoxy) is 1. The van der Waals surface area contributed by atoms with Crippen molar-refractivity contribution in [3.63, 3.8) is 0 Å². The normalized spacial score (nSPS) is 15.4. The number of nitrogens with zero attached hydrogens (tertiary/aromatic N) is 3. The Hall–Kier alpha value is -1.73. The molecular formula is C20H25ClFN3O2S. The second kappa shape index (κ2) is 7.59. The van der Waals surface area contributed by atoms with Crippen molar-refractivity contribution in [2.75, 3.05) is 7.05 Å². The number of thiazole rings is 1. The van der Waals surface area contributed by atoms with E-state index in [1.54, 1.807) is 20.0 Å². The molecule has 0 bridgehead atoms. The average molecular weight is 426 g/mol. The summed E-state index contributed by atoms with van der Waals surface area (Å²) < 4.78 is 20.3. The molecule has 152 valence electrons. The third-order valence-electron chi connectivity index (χ3n) is 4.54. The molecule has 5 nitrogen and oxygen atoms in total. The highest BCUT2D eigenvalue weighted by molar-refractivity contribution is 7.12. The summed E-state index contributed by atoms with van der Waals surface area (Å²) in [7, 11) is 1.68. The van der Waals surface area contributed by atoms with Gasteiger partial charge in [0.05, 0.1) is 21.6 Å². The number of halogens is 2. The van der Waals surface area contributed by atoms with Gasteiger partial charge in [-0.25, -0.2) is 19.2 Å². The first-order chi connectivity index (χ1) is 13.0. The zero-order valence-corrected chi connectivity index (χ0v) is 18.5. The van der Waals surface area contributed by atoms with Crippen molar-refractivity contribution in [3.05, 3.63) is 32.6 Å². The van der Waals surface area contributed by atoms with E-state index in [2.05, 4.69) is 4.98 Å². The van der Waals surface area contributed by atoms with E-state index >= 15 is 0 Å². The van der Waals surface area contributed by atoms with E-state index in [-0.39, 0.29) is 11.2 Å². The lowest BCUT2D eigenvalue weighted by atomic mass is 10.1. The molecule has 0 radical (unpaired) electrons. The lowest BCUT2D eigenvalue weighted by Gasteiger charge is -2.28. The maximum Gasteiger partial charge on any atom is 0.410 e. The molecule has 1 aliphatic rings. The molecule has 28 heavy (non-hydrogen) atoms.